The van der Waals surface area contributed by atoms with Crippen LogP contribution in [0.25, 0.3) is 0 Å². The van der Waals surface area contributed by atoms with Gasteiger partial charge in [-0.05, 0) is 20.9 Å². The maximum absolute atomic E-state index is 8.73. The van der Waals surface area contributed by atoms with Gasteiger partial charge in [0.25, 0.3) is 0 Å². The second-order valence-electron chi connectivity index (χ2n) is 2.61. The lowest BCUT2D eigenvalue weighted by atomic mass is 9.85. The summed E-state index contributed by atoms with van der Waals surface area (Å²) < 4.78 is 0. The molecule has 56 valence electrons. The number of hydrogen-bond donors (Lipinski definition) is 1. The van der Waals surface area contributed by atoms with Crippen LogP contribution in [0.15, 0.2) is 12.7 Å². The van der Waals surface area contributed by atoms with E-state index in [0.29, 0.717) is 0 Å². The summed E-state index contributed by atoms with van der Waals surface area (Å²) in [7, 11) is 1.84. The van der Waals surface area contributed by atoms with Crippen LogP contribution < -0.4 is 5.32 Å². The van der Waals surface area contributed by atoms with Crippen molar-refractivity contribution in [3.8, 4) is 6.07 Å². The summed E-state index contributed by atoms with van der Waals surface area (Å²) in [5, 5.41) is 11.7. The van der Waals surface area contributed by atoms with Crippen LogP contribution in [-0.4, -0.2) is 13.1 Å². The SMILES string of the molecule is C=CC(C)(C#N)C(C)NC. The molecule has 0 aromatic carbocycles. The lowest BCUT2D eigenvalue weighted by molar-refractivity contribution is 0.405. The summed E-state index contributed by atoms with van der Waals surface area (Å²) >= 11 is 0. The van der Waals surface area contributed by atoms with Crippen LogP contribution in [0.2, 0.25) is 0 Å². The predicted octanol–water partition coefficient (Wildman–Crippen LogP) is 1.31. The molecular formula is C8H14N2. The molecule has 0 aliphatic heterocycles. The van der Waals surface area contributed by atoms with Crippen LogP contribution in [0.5, 0.6) is 0 Å². The van der Waals surface area contributed by atoms with Crippen molar-refractivity contribution in [3.05, 3.63) is 12.7 Å². The van der Waals surface area contributed by atoms with E-state index >= 15 is 0 Å². The minimum atomic E-state index is -0.450. The van der Waals surface area contributed by atoms with Gasteiger partial charge in [-0.2, -0.15) is 5.26 Å². The van der Waals surface area contributed by atoms with Crippen LogP contribution >= 0.6 is 0 Å². The van der Waals surface area contributed by atoms with E-state index in [0.717, 1.165) is 0 Å². The number of rotatable bonds is 3. The van der Waals surface area contributed by atoms with E-state index in [1.165, 1.54) is 0 Å². The van der Waals surface area contributed by atoms with Crippen LogP contribution in [0.3, 0.4) is 0 Å². The number of nitriles is 1. The Bertz CT molecular complexity index is 157. The molecule has 1 N–H and O–H groups in total. The Kier molecular flexibility index (Phi) is 3.11. The molecule has 0 bridgehead atoms. The van der Waals surface area contributed by atoms with E-state index in [-0.39, 0.29) is 6.04 Å². The van der Waals surface area contributed by atoms with Gasteiger partial charge < -0.3 is 5.32 Å². The Morgan fingerprint density at radius 1 is 1.80 bits per heavy atom. The minimum absolute atomic E-state index is 0.148. The third-order valence-corrected chi connectivity index (χ3v) is 2.00. The van der Waals surface area contributed by atoms with Gasteiger partial charge in [0, 0.05) is 6.04 Å². The molecule has 2 atom stereocenters. The molecule has 0 fully saturated rings. The Morgan fingerprint density at radius 2 is 2.30 bits per heavy atom. The van der Waals surface area contributed by atoms with Gasteiger partial charge in [0.15, 0.2) is 0 Å². The average Bonchev–Trinajstić information content (AvgIpc) is 2.01. The highest BCUT2D eigenvalue weighted by molar-refractivity contribution is 5.11. The number of nitrogens with zero attached hydrogens (tertiary/aromatic N) is 1. The van der Waals surface area contributed by atoms with Crippen molar-refractivity contribution in [2.45, 2.75) is 19.9 Å². The van der Waals surface area contributed by atoms with Crippen LogP contribution in [-0.2, 0) is 0 Å². The molecule has 0 aromatic heterocycles. The first-order valence-electron chi connectivity index (χ1n) is 3.33. The van der Waals surface area contributed by atoms with Crippen molar-refractivity contribution < 1.29 is 0 Å². The second kappa shape index (κ2) is 3.38. The first-order valence-corrected chi connectivity index (χ1v) is 3.33. The zero-order valence-electron chi connectivity index (χ0n) is 6.81. The van der Waals surface area contributed by atoms with Gasteiger partial charge in [-0.1, -0.05) is 6.08 Å². The molecule has 0 aliphatic carbocycles. The average molecular weight is 138 g/mol. The van der Waals surface area contributed by atoms with E-state index < -0.39 is 5.41 Å². The van der Waals surface area contributed by atoms with Gasteiger partial charge in [-0.3, -0.25) is 0 Å². The third kappa shape index (κ3) is 1.58. The third-order valence-electron chi connectivity index (χ3n) is 2.00. The zero-order valence-corrected chi connectivity index (χ0v) is 6.81. The predicted molar refractivity (Wildman–Crippen MR) is 42.4 cm³/mol. The molecular weight excluding hydrogens is 124 g/mol. The van der Waals surface area contributed by atoms with Gasteiger partial charge in [-0.25, -0.2) is 0 Å². The van der Waals surface area contributed by atoms with E-state index in [1.54, 1.807) is 6.08 Å². The van der Waals surface area contributed by atoms with Crippen LogP contribution in [0.4, 0.5) is 0 Å². The standard InChI is InChI=1S/C8H14N2/c1-5-8(3,6-9)7(2)10-4/h5,7,10H,1H2,2-4H3. The normalized spacial score (nSPS) is 18.6. The molecule has 0 saturated carbocycles. The molecule has 0 aromatic rings. The van der Waals surface area contributed by atoms with Crippen molar-refractivity contribution >= 4 is 0 Å². The summed E-state index contributed by atoms with van der Waals surface area (Å²) in [5.41, 5.74) is -0.450. The second-order valence-corrected chi connectivity index (χ2v) is 2.61. The smallest absolute Gasteiger partial charge is 0.0872 e. The number of hydrogen-bond acceptors (Lipinski definition) is 2. The fraction of sp³-hybridized carbons (Fsp3) is 0.625. The molecule has 2 unspecified atom stereocenters. The van der Waals surface area contributed by atoms with Gasteiger partial charge in [0.1, 0.15) is 0 Å². The van der Waals surface area contributed by atoms with Gasteiger partial charge in [0.05, 0.1) is 11.5 Å². The summed E-state index contributed by atoms with van der Waals surface area (Å²) in [6.45, 7) is 7.44. The monoisotopic (exact) mass is 138 g/mol. The maximum atomic E-state index is 8.73. The molecule has 2 heteroatoms. The molecule has 0 heterocycles. The molecule has 0 spiro atoms. The van der Waals surface area contributed by atoms with E-state index in [9.17, 15) is 0 Å². The zero-order chi connectivity index (χ0) is 8.20. The Hall–Kier alpha value is -0.810. The minimum Gasteiger partial charge on any atom is -0.315 e. The Morgan fingerprint density at radius 3 is 2.40 bits per heavy atom. The van der Waals surface area contributed by atoms with Crippen LogP contribution in [0, 0.1) is 16.7 Å². The van der Waals surface area contributed by atoms with Crippen molar-refractivity contribution in [2.75, 3.05) is 7.05 Å². The van der Waals surface area contributed by atoms with Crippen LogP contribution in [0.1, 0.15) is 13.8 Å². The van der Waals surface area contributed by atoms with Crippen molar-refractivity contribution in [2.24, 2.45) is 5.41 Å². The largest absolute Gasteiger partial charge is 0.315 e. The summed E-state index contributed by atoms with van der Waals surface area (Å²) in [5.74, 6) is 0. The first-order chi connectivity index (χ1) is 4.60. The van der Waals surface area contributed by atoms with Gasteiger partial charge in [-0.15, -0.1) is 6.58 Å². The fourth-order valence-corrected chi connectivity index (χ4v) is 0.619. The molecule has 0 amide bonds. The molecule has 0 radical (unpaired) electrons. The fourth-order valence-electron chi connectivity index (χ4n) is 0.619. The summed E-state index contributed by atoms with van der Waals surface area (Å²) in [6, 6.07) is 2.35. The van der Waals surface area contributed by atoms with E-state index in [2.05, 4.69) is 18.0 Å². The lowest BCUT2D eigenvalue weighted by Gasteiger charge is -2.24. The van der Waals surface area contributed by atoms with Crippen molar-refractivity contribution in [1.82, 2.24) is 5.32 Å². The highest BCUT2D eigenvalue weighted by atomic mass is 14.9. The van der Waals surface area contributed by atoms with E-state index in [1.807, 2.05) is 20.9 Å². The summed E-state index contributed by atoms with van der Waals surface area (Å²) in [6.07, 6.45) is 1.67. The summed E-state index contributed by atoms with van der Waals surface area (Å²) in [4.78, 5) is 0. The number of nitrogens with one attached hydrogen (secondary N) is 1. The quantitative estimate of drug-likeness (QED) is 0.597. The topological polar surface area (TPSA) is 35.8 Å². The molecule has 10 heavy (non-hydrogen) atoms. The van der Waals surface area contributed by atoms with E-state index in [4.69, 9.17) is 5.26 Å². The Balaban J connectivity index is 4.35. The molecule has 0 rings (SSSR count). The first kappa shape index (κ1) is 9.19. The maximum Gasteiger partial charge on any atom is 0.0872 e. The van der Waals surface area contributed by atoms with Gasteiger partial charge >= 0.3 is 0 Å². The van der Waals surface area contributed by atoms with Gasteiger partial charge in [0.2, 0.25) is 0 Å². The Labute approximate surface area is 62.5 Å². The molecule has 0 saturated heterocycles. The highest BCUT2D eigenvalue weighted by Gasteiger charge is 2.25. The van der Waals surface area contributed by atoms with Crippen molar-refractivity contribution in [1.29, 1.82) is 5.26 Å². The molecule has 0 aliphatic rings. The molecule has 2 nitrogen and oxygen atoms in total. The van der Waals surface area contributed by atoms with Crippen molar-refractivity contribution in [3.63, 3.8) is 0 Å². The lowest BCUT2D eigenvalue weighted by Crippen LogP contribution is -2.36. The highest BCUT2D eigenvalue weighted by Crippen LogP contribution is 2.20.